The van der Waals surface area contributed by atoms with Gasteiger partial charge in [0.15, 0.2) is 6.10 Å². The van der Waals surface area contributed by atoms with Gasteiger partial charge >= 0.3 is 17.9 Å². The van der Waals surface area contributed by atoms with Crippen molar-refractivity contribution in [3.8, 4) is 0 Å². The second-order valence-corrected chi connectivity index (χ2v) is 13.3. The lowest BCUT2D eigenvalue weighted by molar-refractivity contribution is -0.166. The molecular weight excluding hydrogens is 612 g/mol. The molecule has 0 saturated carbocycles. The van der Waals surface area contributed by atoms with Crippen molar-refractivity contribution in [1.82, 2.24) is 0 Å². The number of carbonyl (C=O) groups excluding carboxylic acids is 3. The molecule has 6 nitrogen and oxygen atoms in total. The van der Waals surface area contributed by atoms with E-state index in [4.69, 9.17) is 14.2 Å². The third kappa shape index (κ3) is 38.0. The van der Waals surface area contributed by atoms with E-state index < -0.39 is 12.1 Å². The average molecular weight is 687 g/mol. The van der Waals surface area contributed by atoms with E-state index in [0.717, 1.165) is 44.9 Å². The molecule has 0 aliphatic rings. The Morgan fingerprint density at radius 1 is 0.449 bits per heavy atom. The van der Waals surface area contributed by atoms with Crippen LogP contribution in [0, 0.1) is 0 Å². The molecule has 0 fully saturated rings. The van der Waals surface area contributed by atoms with E-state index in [9.17, 15) is 14.4 Å². The Hall–Kier alpha value is -2.63. The van der Waals surface area contributed by atoms with Crippen LogP contribution in [0.5, 0.6) is 0 Å². The Morgan fingerprint density at radius 2 is 0.837 bits per heavy atom. The van der Waals surface area contributed by atoms with E-state index in [1.165, 1.54) is 110 Å². The van der Waals surface area contributed by atoms with Gasteiger partial charge in [-0.3, -0.25) is 14.4 Å². The summed E-state index contributed by atoms with van der Waals surface area (Å²) in [5, 5.41) is 0. The van der Waals surface area contributed by atoms with Crippen molar-refractivity contribution in [2.45, 2.75) is 194 Å². The van der Waals surface area contributed by atoms with E-state index in [-0.39, 0.29) is 31.6 Å². The minimum Gasteiger partial charge on any atom is -0.462 e. The molecule has 0 spiro atoms. The van der Waals surface area contributed by atoms with Gasteiger partial charge in [-0.25, -0.2) is 0 Å². The van der Waals surface area contributed by atoms with Crippen LogP contribution in [0.15, 0.2) is 48.6 Å². The quantitative estimate of drug-likeness (QED) is 0.0286. The van der Waals surface area contributed by atoms with Gasteiger partial charge in [0, 0.05) is 19.8 Å². The van der Waals surface area contributed by atoms with Gasteiger partial charge in [-0.15, -0.1) is 0 Å². The highest BCUT2D eigenvalue weighted by atomic mass is 16.6. The molecule has 0 radical (unpaired) electrons. The Kier molecular flexibility index (Phi) is 36.1. The first kappa shape index (κ1) is 46.4. The number of unbranched alkanes of at least 4 members (excludes halogenated alkanes) is 18. The molecule has 0 unspecified atom stereocenters. The molecule has 0 N–H and O–H groups in total. The predicted molar refractivity (Wildman–Crippen MR) is 205 cm³/mol. The lowest BCUT2D eigenvalue weighted by atomic mass is 10.0. The van der Waals surface area contributed by atoms with Crippen molar-refractivity contribution in [2.24, 2.45) is 0 Å². The zero-order valence-corrected chi connectivity index (χ0v) is 31.9. The summed E-state index contributed by atoms with van der Waals surface area (Å²) >= 11 is 0. The van der Waals surface area contributed by atoms with Crippen molar-refractivity contribution in [3.05, 3.63) is 48.6 Å². The number of ether oxygens (including phenoxy) is 3. The lowest BCUT2D eigenvalue weighted by Crippen LogP contribution is -2.30. The van der Waals surface area contributed by atoms with Crippen LogP contribution in [0.1, 0.15) is 188 Å². The highest BCUT2D eigenvalue weighted by molar-refractivity contribution is 5.70. The maximum Gasteiger partial charge on any atom is 0.306 e. The zero-order chi connectivity index (χ0) is 35.9. The topological polar surface area (TPSA) is 78.9 Å². The van der Waals surface area contributed by atoms with Gasteiger partial charge in [0.25, 0.3) is 0 Å². The molecule has 282 valence electrons. The number of allylic oxidation sites excluding steroid dienone is 8. The number of hydrogen-bond donors (Lipinski definition) is 0. The van der Waals surface area contributed by atoms with E-state index >= 15 is 0 Å². The van der Waals surface area contributed by atoms with Crippen LogP contribution in [0.4, 0.5) is 0 Å². The fourth-order valence-corrected chi connectivity index (χ4v) is 5.40. The first-order valence-electron chi connectivity index (χ1n) is 20.1. The predicted octanol–water partition coefficient (Wildman–Crippen LogP) is 12.4. The van der Waals surface area contributed by atoms with Crippen LogP contribution in [0.2, 0.25) is 0 Å². The van der Waals surface area contributed by atoms with Crippen LogP contribution in [-0.2, 0) is 28.6 Å². The molecule has 0 aliphatic heterocycles. The largest absolute Gasteiger partial charge is 0.462 e. The molecular formula is C43H74O6. The lowest BCUT2D eigenvalue weighted by Gasteiger charge is -2.17. The van der Waals surface area contributed by atoms with E-state index in [1.54, 1.807) is 0 Å². The fourth-order valence-electron chi connectivity index (χ4n) is 5.40. The van der Waals surface area contributed by atoms with Gasteiger partial charge < -0.3 is 14.2 Å². The minimum absolute atomic E-state index is 0.110. The molecule has 0 saturated heterocycles. The molecule has 0 amide bonds. The highest BCUT2D eigenvalue weighted by Gasteiger charge is 2.18. The van der Waals surface area contributed by atoms with Crippen LogP contribution in [0.25, 0.3) is 0 Å². The van der Waals surface area contributed by atoms with E-state index in [2.05, 4.69) is 62.5 Å². The molecule has 0 aromatic heterocycles. The summed E-state index contributed by atoms with van der Waals surface area (Å²) in [5.74, 6) is -1.15. The maximum absolute atomic E-state index is 12.4. The fraction of sp³-hybridized carbons (Fsp3) is 0.744. The van der Waals surface area contributed by atoms with Gasteiger partial charge in [0.2, 0.25) is 0 Å². The Balaban J connectivity index is 3.94. The summed E-state index contributed by atoms with van der Waals surface area (Å²) in [6.07, 6.45) is 45.6. The Labute approximate surface area is 301 Å². The van der Waals surface area contributed by atoms with Crippen molar-refractivity contribution in [1.29, 1.82) is 0 Å². The summed E-state index contributed by atoms with van der Waals surface area (Å²) in [6, 6.07) is 0. The average Bonchev–Trinajstić information content (AvgIpc) is 3.09. The number of esters is 3. The minimum atomic E-state index is -0.787. The van der Waals surface area contributed by atoms with Gasteiger partial charge in [-0.05, 0) is 51.4 Å². The number of carbonyl (C=O) groups is 3. The van der Waals surface area contributed by atoms with Crippen LogP contribution >= 0.6 is 0 Å². The van der Waals surface area contributed by atoms with Crippen molar-refractivity contribution < 1.29 is 28.6 Å². The third-order valence-corrected chi connectivity index (χ3v) is 8.39. The maximum atomic E-state index is 12.4. The highest BCUT2D eigenvalue weighted by Crippen LogP contribution is 2.14. The molecule has 0 rings (SSSR count). The standard InChI is InChI=1S/C43H74O6/c1-4-6-8-10-12-14-16-18-20-21-23-24-26-28-30-32-34-36-42(45)48-39-41(38-47-40(3)44)49-43(46)37-35-33-31-29-27-25-22-19-17-15-13-11-9-7-5-2/h12,14,18,20,23-24,28,30,41H,4-11,13,15-17,19,21-22,25-27,29,31-39H2,1-3H3/b14-12-,20-18-,24-23-,30-28-/t41-/m0/s1. The second kappa shape index (κ2) is 38.2. The molecule has 0 aromatic carbocycles. The summed E-state index contributed by atoms with van der Waals surface area (Å²) in [6.45, 7) is 5.57. The van der Waals surface area contributed by atoms with Gasteiger partial charge in [-0.1, -0.05) is 165 Å². The smallest absolute Gasteiger partial charge is 0.306 e. The number of rotatable bonds is 35. The normalized spacial score (nSPS) is 12.5. The first-order chi connectivity index (χ1) is 24.0. The summed E-state index contributed by atoms with van der Waals surface area (Å²) < 4.78 is 15.9. The van der Waals surface area contributed by atoms with Crippen molar-refractivity contribution >= 4 is 17.9 Å². The third-order valence-electron chi connectivity index (χ3n) is 8.39. The van der Waals surface area contributed by atoms with Gasteiger partial charge in [-0.2, -0.15) is 0 Å². The molecule has 0 bridgehead atoms. The van der Waals surface area contributed by atoms with E-state index in [0.29, 0.717) is 12.8 Å². The molecule has 0 aliphatic carbocycles. The Bertz CT molecular complexity index is 887. The molecule has 49 heavy (non-hydrogen) atoms. The Morgan fingerprint density at radius 3 is 1.33 bits per heavy atom. The van der Waals surface area contributed by atoms with Gasteiger partial charge in [0.1, 0.15) is 13.2 Å². The zero-order valence-electron chi connectivity index (χ0n) is 31.9. The SMILES string of the molecule is CCCCC/C=C\C/C=C\C/C=C\C/C=C\CCCC(=O)OC[C@H](COC(C)=O)OC(=O)CCCCCCCCCCCCCCCCC. The van der Waals surface area contributed by atoms with Crippen LogP contribution in [0.3, 0.4) is 0 Å². The monoisotopic (exact) mass is 687 g/mol. The van der Waals surface area contributed by atoms with Gasteiger partial charge in [0.05, 0.1) is 0 Å². The first-order valence-corrected chi connectivity index (χ1v) is 20.1. The second-order valence-electron chi connectivity index (χ2n) is 13.3. The van der Waals surface area contributed by atoms with Crippen molar-refractivity contribution in [3.63, 3.8) is 0 Å². The molecule has 6 heteroatoms. The number of hydrogen-bond acceptors (Lipinski definition) is 6. The molecule has 1 atom stereocenters. The summed E-state index contributed by atoms with van der Waals surface area (Å²) in [4.78, 5) is 35.9. The van der Waals surface area contributed by atoms with Crippen molar-refractivity contribution in [2.75, 3.05) is 13.2 Å². The van der Waals surface area contributed by atoms with E-state index in [1.807, 2.05) is 0 Å². The molecule has 0 heterocycles. The molecule has 0 aromatic rings. The summed E-state index contributed by atoms with van der Waals surface area (Å²) in [7, 11) is 0. The van der Waals surface area contributed by atoms with Crippen LogP contribution in [-0.4, -0.2) is 37.2 Å². The summed E-state index contributed by atoms with van der Waals surface area (Å²) in [5.41, 5.74) is 0. The van der Waals surface area contributed by atoms with Crippen LogP contribution < -0.4 is 0 Å².